The minimum absolute atomic E-state index is 0.353. The van der Waals surface area contributed by atoms with Gasteiger partial charge in [-0.1, -0.05) is 0 Å². The molecule has 1 aliphatic rings. The van der Waals surface area contributed by atoms with Gasteiger partial charge in [0.05, 0.1) is 12.2 Å². The summed E-state index contributed by atoms with van der Waals surface area (Å²) in [6, 6.07) is 0. The first-order valence-corrected chi connectivity index (χ1v) is 4.53. The second-order valence-electron chi connectivity index (χ2n) is 3.47. The van der Waals surface area contributed by atoms with Crippen molar-refractivity contribution >= 4 is 0 Å². The third-order valence-corrected chi connectivity index (χ3v) is 2.07. The van der Waals surface area contributed by atoms with Crippen LogP contribution in [0.2, 0.25) is 0 Å². The first kappa shape index (κ1) is 9.92. The van der Waals surface area contributed by atoms with E-state index >= 15 is 0 Å². The van der Waals surface area contributed by atoms with Gasteiger partial charge in [0.25, 0.3) is 0 Å². The van der Waals surface area contributed by atoms with Gasteiger partial charge in [0.2, 0.25) is 0 Å². The van der Waals surface area contributed by atoms with E-state index < -0.39 is 0 Å². The van der Waals surface area contributed by atoms with Crippen molar-refractivity contribution in [2.75, 3.05) is 26.2 Å². The molecule has 0 unspecified atom stereocenters. The molecule has 4 heteroatoms. The Hall–Kier alpha value is -0.160. The van der Waals surface area contributed by atoms with E-state index in [0.29, 0.717) is 12.2 Å². The van der Waals surface area contributed by atoms with Crippen LogP contribution in [0.1, 0.15) is 13.8 Å². The van der Waals surface area contributed by atoms with Gasteiger partial charge in [0.15, 0.2) is 0 Å². The van der Waals surface area contributed by atoms with E-state index in [-0.39, 0.29) is 0 Å². The fourth-order valence-corrected chi connectivity index (χ4v) is 1.69. The van der Waals surface area contributed by atoms with E-state index in [0.717, 1.165) is 26.2 Å². The zero-order chi connectivity index (χ0) is 8.97. The first-order valence-electron chi connectivity index (χ1n) is 4.53. The van der Waals surface area contributed by atoms with Gasteiger partial charge in [0, 0.05) is 26.2 Å². The van der Waals surface area contributed by atoms with E-state index in [2.05, 4.69) is 24.2 Å². The number of hydrogen-bond acceptors (Lipinski definition) is 4. The summed E-state index contributed by atoms with van der Waals surface area (Å²) in [5, 5.41) is 0. The molecule has 0 aliphatic carbocycles. The predicted molar refractivity (Wildman–Crippen MR) is 48.6 cm³/mol. The molecule has 1 rings (SSSR count). The Labute approximate surface area is 74.0 Å². The Balaban J connectivity index is 2.24. The zero-order valence-electron chi connectivity index (χ0n) is 7.92. The number of nitrogens with zero attached hydrogens (tertiary/aromatic N) is 1. The van der Waals surface area contributed by atoms with Crippen molar-refractivity contribution in [1.82, 2.24) is 10.3 Å². The Morgan fingerprint density at radius 3 is 2.50 bits per heavy atom. The van der Waals surface area contributed by atoms with Crippen molar-refractivity contribution in [2.24, 2.45) is 5.84 Å². The maximum Gasteiger partial charge on any atom is 0.0678 e. The van der Waals surface area contributed by atoms with Crippen molar-refractivity contribution in [2.45, 2.75) is 26.1 Å². The van der Waals surface area contributed by atoms with E-state index in [4.69, 9.17) is 10.6 Å². The molecular formula is C8H19N3O. The lowest BCUT2D eigenvalue weighted by Crippen LogP contribution is -2.48. The molecule has 0 aromatic carbocycles. The highest BCUT2D eigenvalue weighted by Gasteiger charge is 2.21. The van der Waals surface area contributed by atoms with Crippen LogP contribution in [0.15, 0.2) is 0 Å². The zero-order valence-corrected chi connectivity index (χ0v) is 7.92. The van der Waals surface area contributed by atoms with Crippen LogP contribution in [-0.4, -0.2) is 43.3 Å². The number of hydrogen-bond donors (Lipinski definition) is 2. The summed E-state index contributed by atoms with van der Waals surface area (Å²) in [5.74, 6) is 5.21. The second-order valence-corrected chi connectivity index (χ2v) is 3.47. The molecule has 1 fully saturated rings. The molecule has 0 radical (unpaired) electrons. The third kappa shape index (κ3) is 3.06. The van der Waals surface area contributed by atoms with Gasteiger partial charge in [0.1, 0.15) is 0 Å². The Kier molecular flexibility index (Phi) is 3.94. The van der Waals surface area contributed by atoms with Crippen molar-refractivity contribution in [1.29, 1.82) is 0 Å². The number of morpholine rings is 1. The fraction of sp³-hybridized carbons (Fsp3) is 1.00. The van der Waals surface area contributed by atoms with Crippen molar-refractivity contribution in [3.8, 4) is 0 Å². The van der Waals surface area contributed by atoms with Gasteiger partial charge in [-0.2, -0.15) is 0 Å². The summed E-state index contributed by atoms with van der Waals surface area (Å²) in [7, 11) is 0. The molecule has 2 atom stereocenters. The average molecular weight is 173 g/mol. The lowest BCUT2D eigenvalue weighted by atomic mass is 10.2. The molecule has 3 N–H and O–H groups in total. The lowest BCUT2D eigenvalue weighted by molar-refractivity contribution is -0.0674. The SMILES string of the molecule is C[C@@H]1CN(CCNN)C[C@H](C)O1. The van der Waals surface area contributed by atoms with E-state index in [9.17, 15) is 0 Å². The molecule has 4 nitrogen and oxygen atoms in total. The Morgan fingerprint density at radius 1 is 1.42 bits per heavy atom. The number of nitrogens with one attached hydrogen (secondary N) is 1. The first-order chi connectivity index (χ1) is 5.72. The van der Waals surface area contributed by atoms with Crippen molar-refractivity contribution in [3.05, 3.63) is 0 Å². The molecule has 0 spiro atoms. The van der Waals surface area contributed by atoms with E-state index in [1.165, 1.54) is 0 Å². The van der Waals surface area contributed by atoms with Crippen LogP contribution in [0.5, 0.6) is 0 Å². The molecule has 72 valence electrons. The average Bonchev–Trinajstić information content (AvgIpc) is 1.99. The molecule has 0 aromatic heterocycles. The molecule has 0 aromatic rings. The maximum absolute atomic E-state index is 5.60. The monoisotopic (exact) mass is 173 g/mol. The third-order valence-electron chi connectivity index (χ3n) is 2.07. The number of nitrogens with two attached hydrogens (primary N) is 1. The molecule has 0 saturated carbocycles. The quantitative estimate of drug-likeness (QED) is 0.449. The maximum atomic E-state index is 5.60. The number of ether oxygens (including phenoxy) is 1. The van der Waals surface area contributed by atoms with Crippen LogP contribution in [0.25, 0.3) is 0 Å². The highest BCUT2D eigenvalue weighted by Crippen LogP contribution is 2.09. The molecule has 1 saturated heterocycles. The molecule has 12 heavy (non-hydrogen) atoms. The lowest BCUT2D eigenvalue weighted by Gasteiger charge is -2.35. The molecule has 0 bridgehead atoms. The smallest absolute Gasteiger partial charge is 0.0678 e. The highest BCUT2D eigenvalue weighted by molar-refractivity contribution is 4.72. The summed E-state index contributed by atoms with van der Waals surface area (Å²) >= 11 is 0. The van der Waals surface area contributed by atoms with Gasteiger partial charge in [-0.3, -0.25) is 16.2 Å². The minimum atomic E-state index is 0.353. The molecule has 1 aliphatic heterocycles. The van der Waals surface area contributed by atoms with Crippen molar-refractivity contribution in [3.63, 3.8) is 0 Å². The summed E-state index contributed by atoms with van der Waals surface area (Å²) in [5.41, 5.74) is 2.66. The van der Waals surface area contributed by atoms with Gasteiger partial charge in [-0.05, 0) is 13.8 Å². The second kappa shape index (κ2) is 4.77. The summed E-state index contributed by atoms with van der Waals surface area (Å²) in [4.78, 5) is 2.37. The Morgan fingerprint density at radius 2 is 2.00 bits per heavy atom. The summed E-state index contributed by atoms with van der Waals surface area (Å²) in [6.45, 7) is 8.11. The van der Waals surface area contributed by atoms with E-state index in [1.807, 2.05) is 0 Å². The van der Waals surface area contributed by atoms with Crippen molar-refractivity contribution < 1.29 is 4.74 Å². The van der Waals surface area contributed by atoms with Gasteiger partial charge >= 0.3 is 0 Å². The molecule has 1 heterocycles. The van der Waals surface area contributed by atoms with Crippen LogP contribution < -0.4 is 11.3 Å². The normalized spacial score (nSPS) is 32.2. The number of rotatable bonds is 3. The predicted octanol–water partition coefficient (Wildman–Crippen LogP) is -0.441. The molecular weight excluding hydrogens is 154 g/mol. The minimum Gasteiger partial charge on any atom is -0.373 e. The number of hydrazine groups is 1. The van der Waals surface area contributed by atoms with E-state index in [1.54, 1.807) is 0 Å². The molecule has 0 amide bonds. The highest BCUT2D eigenvalue weighted by atomic mass is 16.5. The van der Waals surface area contributed by atoms with Crippen LogP contribution in [0.3, 0.4) is 0 Å². The standard InChI is InChI=1S/C8H19N3O/c1-7-5-11(4-3-10-9)6-8(2)12-7/h7-8,10H,3-6,9H2,1-2H3/t7-,8+. The Bertz CT molecular complexity index is 121. The fourth-order valence-electron chi connectivity index (χ4n) is 1.69. The van der Waals surface area contributed by atoms with Crippen LogP contribution in [0, 0.1) is 0 Å². The topological polar surface area (TPSA) is 50.5 Å². The van der Waals surface area contributed by atoms with Gasteiger partial charge in [-0.15, -0.1) is 0 Å². The largest absolute Gasteiger partial charge is 0.373 e. The van der Waals surface area contributed by atoms with Gasteiger partial charge in [-0.25, -0.2) is 0 Å². The van der Waals surface area contributed by atoms with Crippen LogP contribution in [-0.2, 0) is 4.74 Å². The summed E-state index contributed by atoms with van der Waals surface area (Å²) in [6.07, 6.45) is 0.707. The summed E-state index contributed by atoms with van der Waals surface area (Å²) < 4.78 is 5.60. The van der Waals surface area contributed by atoms with Crippen LogP contribution >= 0.6 is 0 Å². The van der Waals surface area contributed by atoms with Crippen LogP contribution in [0.4, 0.5) is 0 Å². The van der Waals surface area contributed by atoms with Gasteiger partial charge < -0.3 is 4.74 Å².